The number of hydrogen-bond acceptors (Lipinski definition) is 11. The van der Waals surface area contributed by atoms with Crippen molar-refractivity contribution in [1.29, 1.82) is 0 Å². The van der Waals surface area contributed by atoms with E-state index in [1.54, 1.807) is 37.7 Å². The third-order valence-electron chi connectivity index (χ3n) is 15.6. The fraction of sp³-hybridized carbons (Fsp3) is 0.745. The van der Waals surface area contributed by atoms with Crippen molar-refractivity contribution >= 4 is 59.0 Å². The number of thioether (sulfide) groups is 1. The molecule has 16 nitrogen and oxygen atoms in total. The van der Waals surface area contributed by atoms with E-state index in [9.17, 15) is 43.5 Å². The topological polar surface area (TPSA) is 200 Å². The number of benzene rings is 1. The van der Waals surface area contributed by atoms with Crippen LogP contribution in [-0.4, -0.2) is 160 Å². The van der Waals surface area contributed by atoms with Crippen LogP contribution in [0.4, 0.5) is 0 Å². The standard InChI is InChI=1S/C55H87N5O11S/c1-13-15-26-72-45-32-47(63)59(54(45)67)25-21-17-20-24-46(62)57(9)49(34(5)6)43(61)30-39(33(3)4)53(66)58(10)50(35(7)14-2)44(70-11)31-48(64)60-41-28-38(41)29-42(60)51(71-12)36(8)52(65)56-40(55(68)69)27-37-22-18-16-19-23-37/h16,18-19,22-23,33-36,38-42,44-45,49-51H,13-15,17,20-21,24-32H2,1-12H3,(H,56,65)(H,68,69)/t35-,36+,38-,39-,40-,41-,42-,44+,45?,49-,50-,51+/m0/s1. The lowest BCUT2D eigenvalue weighted by molar-refractivity contribution is -0.150. The number of ether oxygens (including phenoxy) is 2. The van der Waals surface area contributed by atoms with Gasteiger partial charge in [0.15, 0.2) is 5.78 Å². The monoisotopic (exact) mass is 1030 g/mol. The van der Waals surface area contributed by atoms with Gasteiger partial charge in [-0.1, -0.05) is 105 Å². The zero-order valence-electron chi connectivity index (χ0n) is 45.3. The molecule has 404 valence electrons. The highest BCUT2D eigenvalue weighted by Gasteiger charge is 2.57. The molecular weight excluding hydrogens is 939 g/mol. The van der Waals surface area contributed by atoms with Crippen molar-refractivity contribution in [2.24, 2.45) is 35.5 Å². The SMILES string of the molecule is CCCCSC1CC(=O)N(CCCCCC(=O)N(C)[C@H](C(=O)C[C@H](C(=O)N(C)[C@@H]([C@@H](C)CC)[C@@H](CC(=O)N2[C@H]3C[C@H]3C[C@H]2[C@H](OC)[C@@H](C)C(=O)N[C@@H](Cc2ccccc2)C(=O)O)OC)C(C)C)C(C)C)C1=O. The number of carboxylic acid groups (broad SMARTS) is 1. The summed E-state index contributed by atoms with van der Waals surface area (Å²) in [5, 5.41) is 12.4. The number of carbonyl (C=O) groups is 8. The fourth-order valence-electron chi connectivity index (χ4n) is 11.0. The number of piperidine rings is 1. The van der Waals surface area contributed by atoms with E-state index in [1.165, 1.54) is 24.0 Å². The molecule has 0 bridgehead atoms. The van der Waals surface area contributed by atoms with Gasteiger partial charge in [-0.2, -0.15) is 0 Å². The molecule has 6 amide bonds. The maximum Gasteiger partial charge on any atom is 0.326 e. The molecule has 1 aromatic carbocycles. The number of nitrogens with one attached hydrogen (secondary N) is 1. The summed E-state index contributed by atoms with van der Waals surface area (Å²) in [5.41, 5.74) is 0.772. The number of carbonyl (C=O) groups excluding carboxylic acids is 7. The first-order chi connectivity index (χ1) is 34.1. The molecule has 1 aliphatic carbocycles. The number of aliphatic carboxylic acids is 1. The molecule has 4 rings (SSSR count). The Morgan fingerprint density at radius 1 is 0.861 bits per heavy atom. The van der Waals surface area contributed by atoms with Crippen LogP contribution in [0.3, 0.4) is 0 Å². The summed E-state index contributed by atoms with van der Waals surface area (Å²) in [6, 6.07) is 6.17. The molecule has 3 fully saturated rings. The molecule has 0 radical (unpaired) electrons. The molecule has 2 saturated heterocycles. The van der Waals surface area contributed by atoms with Crippen LogP contribution in [0.5, 0.6) is 0 Å². The van der Waals surface area contributed by atoms with Crippen molar-refractivity contribution < 1.29 is 52.9 Å². The van der Waals surface area contributed by atoms with Crippen molar-refractivity contribution in [1.82, 2.24) is 24.9 Å². The largest absolute Gasteiger partial charge is 0.480 e. The minimum Gasteiger partial charge on any atom is -0.480 e. The number of amides is 6. The minimum atomic E-state index is -1.15. The Morgan fingerprint density at radius 2 is 1.54 bits per heavy atom. The van der Waals surface area contributed by atoms with Gasteiger partial charge >= 0.3 is 5.97 Å². The molecule has 72 heavy (non-hydrogen) atoms. The van der Waals surface area contributed by atoms with E-state index in [-0.39, 0.29) is 102 Å². The maximum absolute atomic E-state index is 14.8. The van der Waals surface area contributed by atoms with Crippen LogP contribution in [0, 0.1) is 35.5 Å². The first-order valence-electron chi connectivity index (χ1n) is 26.6. The lowest BCUT2D eigenvalue weighted by Crippen LogP contribution is -2.55. The smallest absolute Gasteiger partial charge is 0.326 e. The molecule has 1 aromatic rings. The van der Waals surface area contributed by atoms with E-state index in [4.69, 9.17) is 9.47 Å². The number of ketones is 1. The normalized spacial score (nSPS) is 21.9. The van der Waals surface area contributed by atoms with Crippen LogP contribution < -0.4 is 5.32 Å². The number of unbranched alkanes of at least 4 members (excludes halogenated alkanes) is 3. The molecule has 0 aromatic heterocycles. The number of Topliss-reactive ketones (excluding diaryl/α,β-unsaturated/α-hetero) is 1. The van der Waals surface area contributed by atoms with E-state index in [0.717, 1.165) is 30.6 Å². The highest BCUT2D eigenvalue weighted by Crippen LogP contribution is 2.50. The number of nitrogens with zero attached hydrogens (tertiary/aromatic N) is 4. The Balaban J connectivity index is 1.40. The van der Waals surface area contributed by atoms with Crippen LogP contribution >= 0.6 is 11.8 Å². The summed E-state index contributed by atoms with van der Waals surface area (Å²) in [6.07, 6.45) is 4.96. The quantitative estimate of drug-likeness (QED) is 0.0576. The van der Waals surface area contributed by atoms with Crippen molar-refractivity contribution in [2.75, 3.05) is 40.6 Å². The highest BCUT2D eigenvalue weighted by molar-refractivity contribution is 8.00. The molecule has 12 atom stereocenters. The van der Waals surface area contributed by atoms with Crippen LogP contribution in [-0.2, 0) is 54.3 Å². The van der Waals surface area contributed by atoms with Gasteiger partial charge in [-0.3, -0.25) is 38.5 Å². The second kappa shape index (κ2) is 28.4. The Morgan fingerprint density at radius 3 is 2.12 bits per heavy atom. The first-order valence-corrected chi connectivity index (χ1v) is 27.6. The fourth-order valence-corrected chi connectivity index (χ4v) is 12.3. The van der Waals surface area contributed by atoms with E-state index in [2.05, 4.69) is 12.2 Å². The number of rotatable bonds is 32. The van der Waals surface area contributed by atoms with Gasteiger partial charge in [0.05, 0.1) is 47.9 Å². The van der Waals surface area contributed by atoms with Gasteiger partial charge in [-0.25, -0.2) is 4.79 Å². The Hall–Kier alpha value is -4.35. The summed E-state index contributed by atoms with van der Waals surface area (Å²) < 4.78 is 12.1. The molecule has 17 heteroatoms. The van der Waals surface area contributed by atoms with Gasteiger partial charge in [0.25, 0.3) is 0 Å². The van der Waals surface area contributed by atoms with Crippen LogP contribution in [0.1, 0.15) is 138 Å². The highest BCUT2D eigenvalue weighted by atomic mass is 32.2. The Labute approximate surface area is 433 Å². The Kier molecular flexibility index (Phi) is 23.7. The van der Waals surface area contributed by atoms with Gasteiger partial charge < -0.3 is 34.6 Å². The number of hydrogen-bond donors (Lipinski definition) is 2. The van der Waals surface area contributed by atoms with Crippen LogP contribution in [0.2, 0.25) is 0 Å². The molecule has 2 heterocycles. The minimum absolute atomic E-state index is 0.0272. The van der Waals surface area contributed by atoms with Gasteiger partial charge in [-0.15, -0.1) is 11.8 Å². The lowest BCUT2D eigenvalue weighted by Gasteiger charge is -2.41. The zero-order valence-corrected chi connectivity index (χ0v) is 46.1. The number of likely N-dealkylation sites (tertiary alicyclic amines) is 2. The average molecular weight is 1030 g/mol. The van der Waals surface area contributed by atoms with Crippen molar-refractivity contribution in [3.63, 3.8) is 0 Å². The predicted octanol–water partition coefficient (Wildman–Crippen LogP) is 6.65. The summed E-state index contributed by atoms with van der Waals surface area (Å²) in [4.78, 5) is 115. The molecule has 1 saturated carbocycles. The zero-order chi connectivity index (χ0) is 53.6. The number of imide groups is 1. The van der Waals surface area contributed by atoms with Crippen LogP contribution in [0.25, 0.3) is 0 Å². The second-order valence-electron chi connectivity index (χ2n) is 21.4. The summed E-state index contributed by atoms with van der Waals surface area (Å²) in [6.45, 7) is 15.8. The average Bonchev–Trinajstić information content (AvgIpc) is 3.92. The first kappa shape index (κ1) is 60.2. The van der Waals surface area contributed by atoms with E-state index >= 15 is 0 Å². The second-order valence-corrected chi connectivity index (χ2v) is 22.7. The molecule has 0 spiro atoms. The van der Waals surface area contributed by atoms with Crippen molar-refractivity contribution in [3.05, 3.63) is 35.9 Å². The summed E-state index contributed by atoms with van der Waals surface area (Å²) in [7, 11) is 6.39. The van der Waals surface area contributed by atoms with E-state index in [1.807, 2.05) is 76.8 Å². The molecule has 1 unspecified atom stereocenters. The van der Waals surface area contributed by atoms with Crippen molar-refractivity contribution in [2.45, 2.75) is 187 Å². The van der Waals surface area contributed by atoms with Gasteiger partial charge in [-0.05, 0) is 67.1 Å². The number of fused-ring (bicyclic) bond motifs is 1. The lowest BCUT2D eigenvalue weighted by atomic mass is 9.83. The van der Waals surface area contributed by atoms with E-state index < -0.39 is 60.1 Å². The maximum atomic E-state index is 14.8. The summed E-state index contributed by atoms with van der Waals surface area (Å²) >= 11 is 1.55. The Bertz CT molecular complexity index is 2000. The van der Waals surface area contributed by atoms with Gasteiger partial charge in [0, 0.05) is 72.5 Å². The van der Waals surface area contributed by atoms with E-state index in [0.29, 0.717) is 38.6 Å². The van der Waals surface area contributed by atoms with Crippen molar-refractivity contribution in [3.8, 4) is 0 Å². The molecular formula is C55H87N5O11S. The third-order valence-corrected chi connectivity index (χ3v) is 16.9. The molecule has 3 aliphatic rings. The summed E-state index contributed by atoms with van der Waals surface area (Å²) in [5.74, 6) is -3.67. The predicted molar refractivity (Wildman–Crippen MR) is 279 cm³/mol. The van der Waals surface area contributed by atoms with Gasteiger partial charge in [0.2, 0.25) is 35.4 Å². The third kappa shape index (κ3) is 15.6. The molecule has 2 aliphatic heterocycles. The molecule has 2 N–H and O–H groups in total. The number of carboxylic acids is 1. The van der Waals surface area contributed by atoms with Gasteiger partial charge in [0.1, 0.15) is 6.04 Å². The van der Waals surface area contributed by atoms with Crippen LogP contribution in [0.15, 0.2) is 30.3 Å². The number of likely N-dealkylation sites (N-methyl/N-ethyl adjacent to an activating group) is 2. The number of methoxy groups -OCH3 is 2.